The molecule has 1 rings (SSSR count). The topological polar surface area (TPSA) is 93.7 Å². The van der Waals surface area contributed by atoms with Gasteiger partial charge in [-0.1, -0.05) is 6.92 Å². The monoisotopic (exact) mass is 308 g/mol. The molecule has 1 aromatic rings. The van der Waals surface area contributed by atoms with Gasteiger partial charge in [-0.15, -0.1) is 0 Å². The highest BCUT2D eigenvalue weighted by Gasteiger charge is 2.13. The summed E-state index contributed by atoms with van der Waals surface area (Å²) in [6.45, 7) is 3.19. The van der Waals surface area contributed by atoms with E-state index in [1.165, 1.54) is 19.2 Å². The number of hydrogen-bond acceptors (Lipinski definition) is 5. The number of nitrogens with one attached hydrogen (secondary N) is 2. The zero-order valence-electron chi connectivity index (χ0n) is 12.8. The minimum absolute atomic E-state index is 0.0466. The second-order valence-corrected chi connectivity index (χ2v) is 4.64. The van der Waals surface area contributed by atoms with Crippen molar-refractivity contribution in [1.82, 2.24) is 10.6 Å². The maximum Gasteiger partial charge on any atom is 0.338 e. The van der Waals surface area contributed by atoms with Crippen LogP contribution in [-0.2, 0) is 9.53 Å². The summed E-state index contributed by atoms with van der Waals surface area (Å²) in [6, 6.07) is 5.60. The van der Waals surface area contributed by atoms with Crippen molar-refractivity contribution in [1.29, 1.82) is 0 Å². The zero-order chi connectivity index (χ0) is 16.5. The first-order chi connectivity index (χ1) is 10.5. The number of urea groups is 1. The van der Waals surface area contributed by atoms with E-state index in [1.807, 2.05) is 13.8 Å². The fraction of sp³-hybridized carbons (Fsp3) is 0.400. The van der Waals surface area contributed by atoms with Crippen LogP contribution in [0.2, 0.25) is 0 Å². The predicted octanol–water partition coefficient (Wildman–Crippen LogP) is 1.48. The first-order valence-corrected chi connectivity index (χ1v) is 6.87. The lowest BCUT2D eigenvalue weighted by Crippen LogP contribution is -2.44. The Labute approximate surface area is 129 Å². The first kappa shape index (κ1) is 17.5. The summed E-state index contributed by atoms with van der Waals surface area (Å²) in [5.41, 5.74) is 0.289. The lowest BCUT2D eigenvalue weighted by atomic mass is 10.2. The van der Waals surface area contributed by atoms with Crippen molar-refractivity contribution in [2.75, 3.05) is 13.7 Å². The molecule has 0 saturated carbocycles. The Kier molecular flexibility index (Phi) is 6.88. The number of ether oxygens (including phenoxy) is 2. The second kappa shape index (κ2) is 8.66. The van der Waals surface area contributed by atoms with Gasteiger partial charge >= 0.3 is 12.0 Å². The number of carbonyl (C=O) groups excluding carboxylic acids is 3. The predicted molar refractivity (Wildman–Crippen MR) is 79.7 cm³/mol. The average molecular weight is 308 g/mol. The van der Waals surface area contributed by atoms with Crippen LogP contribution in [0.4, 0.5) is 4.79 Å². The Bertz CT molecular complexity index is 527. The highest BCUT2D eigenvalue weighted by molar-refractivity contribution is 5.97. The average Bonchev–Trinajstić information content (AvgIpc) is 2.52. The summed E-state index contributed by atoms with van der Waals surface area (Å²) in [7, 11) is 1.52. The molecule has 0 unspecified atom stereocenters. The molecular formula is C15H20N2O5. The quantitative estimate of drug-likeness (QED) is 0.776. The van der Waals surface area contributed by atoms with Crippen LogP contribution in [0.5, 0.6) is 5.75 Å². The van der Waals surface area contributed by atoms with Crippen molar-refractivity contribution in [3.05, 3.63) is 29.8 Å². The van der Waals surface area contributed by atoms with Gasteiger partial charge < -0.3 is 14.8 Å². The molecule has 0 aromatic heterocycles. The Morgan fingerprint density at radius 3 is 2.36 bits per heavy atom. The number of amides is 3. The molecule has 22 heavy (non-hydrogen) atoms. The van der Waals surface area contributed by atoms with Gasteiger partial charge in [0, 0.05) is 6.04 Å². The van der Waals surface area contributed by atoms with Crippen LogP contribution in [0.25, 0.3) is 0 Å². The van der Waals surface area contributed by atoms with Crippen molar-refractivity contribution < 1.29 is 23.9 Å². The van der Waals surface area contributed by atoms with Gasteiger partial charge in [0.1, 0.15) is 5.75 Å². The number of rotatable bonds is 6. The summed E-state index contributed by atoms with van der Waals surface area (Å²) in [4.78, 5) is 34.6. The van der Waals surface area contributed by atoms with Crippen molar-refractivity contribution in [3.8, 4) is 5.75 Å². The summed E-state index contributed by atoms with van der Waals surface area (Å²) in [5, 5.41) is 4.65. The molecule has 1 atom stereocenters. The first-order valence-electron chi connectivity index (χ1n) is 6.87. The fourth-order valence-electron chi connectivity index (χ4n) is 1.47. The molecule has 2 N–H and O–H groups in total. The molecule has 0 radical (unpaired) electrons. The van der Waals surface area contributed by atoms with Crippen LogP contribution in [0, 0.1) is 0 Å². The summed E-state index contributed by atoms with van der Waals surface area (Å²) in [5.74, 6) is -0.737. The van der Waals surface area contributed by atoms with Crippen LogP contribution in [-0.4, -0.2) is 37.7 Å². The van der Waals surface area contributed by atoms with Crippen molar-refractivity contribution in [2.45, 2.75) is 26.3 Å². The Balaban J connectivity index is 2.39. The van der Waals surface area contributed by atoms with Gasteiger partial charge in [0.2, 0.25) is 0 Å². The van der Waals surface area contributed by atoms with Crippen LogP contribution in [0.15, 0.2) is 24.3 Å². The van der Waals surface area contributed by atoms with E-state index in [0.29, 0.717) is 5.75 Å². The third kappa shape index (κ3) is 5.82. The maximum atomic E-state index is 11.7. The summed E-state index contributed by atoms with van der Waals surface area (Å²) >= 11 is 0. The fourth-order valence-corrected chi connectivity index (χ4v) is 1.47. The minimum Gasteiger partial charge on any atom is -0.497 e. The molecule has 0 aliphatic rings. The van der Waals surface area contributed by atoms with E-state index in [2.05, 4.69) is 10.6 Å². The van der Waals surface area contributed by atoms with E-state index in [-0.39, 0.29) is 11.6 Å². The molecule has 0 saturated heterocycles. The number of esters is 1. The normalized spacial score (nSPS) is 11.2. The SMILES string of the molecule is CC[C@@H](C)NC(=O)NC(=O)COC(=O)c1ccc(OC)cc1. The van der Waals surface area contributed by atoms with Gasteiger partial charge in [0.15, 0.2) is 6.61 Å². The van der Waals surface area contributed by atoms with Gasteiger partial charge in [0.25, 0.3) is 5.91 Å². The lowest BCUT2D eigenvalue weighted by molar-refractivity contribution is -0.123. The molecule has 0 aliphatic heterocycles. The summed E-state index contributed by atoms with van der Waals surface area (Å²) < 4.78 is 9.79. The molecule has 3 amide bonds. The van der Waals surface area contributed by atoms with Gasteiger partial charge in [-0.25, -0.2) is 9.59 Å². The van der Waals surface area contributed by atoms with E-state index in [1.54, 1.807) is 12.1 Å². The molecule has 0 spiro atoms. The van der Waals surface area contributed by atoms with E-state index in [0.717, 1.165) is 6.42 Å². The lowest BCUT2D eigenvalue weighted by Gasteiger charge is -2.11. The number of methoxy groups -OCH3 is 1. The summed E-state index contributed by atoms with van der Waals surface area (Å²) in [6.07, 6.45) is 0.744. The molecule has 1 aromatic carbocycles. The molecule has 7 heteroatoms. The van der Waals surface area contributed by atoms with Gasteiger partial charge in [0.05, 0.1) is 12.7 Å². The van der Waals surface area contributed by atoms with Crippen molar-refractivity contribution >= 4 is 17.9 Å². The van der Waals surface area contributed by atoms with Crippen LogP contribution in [0.1, 0.15) is 30.6 Å². The molecule has 0 fully saturated rings. The molecule has 0 aliphatic carbocycles. The molecule has 120 valence electrons. The highest BCUT2D eigenvalue weighted by atomic mass is 16.5. The maximum absolute atomic E-state index is 11.7. The Hall–Kier alpha value is -2.57. The van der Waals surface area contributed by atoms with Crippen LogP contribution in [0.3, 0.4) is 0 Å². The number of imide groups is 1. The minimum atomic E-state index is -0.692. The van der Waals surface area contributed by atoms with Gasteiger partial charge in [-0.05, 0) is 37.6 Å². The Morgan fingerprint density at radius 1 is 1.18 bits per heavy atom. The van der Waals surface area contributed by atoms with E-state index < -0.39 is 24.5 Å². The molecule has 0 heterocycles. The molecule has 7 nitrogen and oxygen atoms in total. The van der Waals surface area contributed by atoms with E-state index >= 15 is 0 Å². The third-order valence-corrected chi connectivity index (χ3v) is 2.90. The van der Waals surface area contributed by atoms with Crippen LogP contribution < -0.4 is 15.4 Å². The van der Waals surface area contributed by atoms with Crippen LogP contribution >= 0.6 is 0 Å². The smallest absolute Gasteiger partial charge is 0.338 e. The zero-order valence-corrected chi connectivity index (χ0v) is 12.8. The number of carbonyl (C=O) groups is 3. The van der Waals surface area contributed by atoms with Crippen molar-refractivity contribution in [2.24, 2.45) is 0 Å². The third-order valence-electron chi connectivity index (χ3n) is 2.90. The van der Waals surface area contributed by atoms with Gasteiger partial charge in [-0.2, -0.15) is 0 Å². The van der Waals surface area contributed by atoms with Crippen molar-refractivity contribution in [3.63, 3.8) is 0 Å². The Morgan fingerprint density at radius 2 is 1.82 bits per heavy atom. The number of hydrogen-bond donors (Lipinski definition) is 2. The standard InChI is InChI=1S/C15H20N2O5/c1-4-10(2)16-15(20)17-13(18)9-22-14(19)11-5-7-12(21-3)8-6-11/h5-8,10H,4,9H2,1-3H3,(H2,16,17,18,20)/t10-/m1/s1. The van der Waals surface area contributed by atoms with E-state index in [4.69, 9.17) is 9.47 Å². The molecule has 0 bridgehead atoms. The van der Waals surface area contributed by atoms with E-state index in [9.17, 15) is 14.4 Å². The highest BCUT2D eigenvalue weighted by Crippen LogP contribution is 2.11. The number of benzene rings is 1. The molecular weight excluding hydrogens is 288 g/mol. The largest absolute Gasteiger partial charge is 0.497 e. The second-order valence-electron chi connectivity index (χ2n) is 4.64. The van der Waals surface area contributed by atoms with Gasteiger partial charge in [-0.3, -0.25) is 10.1 Å².